The number of rotatable bonds is 11. The molecule has 47 heavy (non-hydrogen) atoms. The van der Waals surface area contributed by atoms with Gasteiger partial charge in [0.2, 0.25) is 11.8 Å². The molecule has 9 nitrogen and oxygen atoms in total. The van der Waals surface area contributed by atoms with Gasteiger partial charge in [0, 0.05) is 61.1 Å². The molecule has 2 fully saturated rings. The van der Waals surface area contributed by atoms with E-state index in [0.29, 0.717) is 39.1 Å². The highest BCUT2D eigenvalue weighted by atomic mass is 32.2. The Morgan fingerprint density at radius 1 is 0.830 bits per heavy atom. The number of thioether (sulfide) groups is 1. The van der Waals surface area contributed by atoms with E-state index in [1.54, 1.807) is 26.5 Å². The number of ether oxygens (including phenoxy) is 1. The summed E-state index contributed by atoms with van der Waals surface area (Å²) in [5.41, 5.74) is 2.61. The second-order valence-corrected chi connectivity index (χ2v) is 14.6. The van der Waals surface area contributed by atoms with Crippen LogP contribution >= 0.6 is 11.8 Å². The van der Waals surface area contributed by atoms with Crippen LogP contribution in [0.1, 0.15) is 40.5 Å². The second kappa shape index (κ2) is 13.4. The normalized spacial score (nSPS) is 28.2. The highest BCUT2D eigenvalue weighted by Crippen LogP contribution is 2.65. The summed E-state index contributed by atoms with van der Waals surface area (Å²) in [5, 5.41) is 9.56. The highest BCUT2D eigenvalue weighted by Gasteiger charge is 2.74. The van der Waals surface area contributed by atoms with Gasteiger partial charge in [0.05, 0.1) is 23.2 Å². The Balaban J connectivity index is 1.39. The van der Waals surface area contributed by atoms with Gasteiger partial charge in [-0.1, -0.05) is 24.3 Å². The molecule has 0 aliphatic carbocycles. The molecule has 2 aromatic rings. The lowest BCUT2D eigenvalue weighted by atomic mass is 9.74. The standard InChI is InChI=1S/C37H46N4O5S/c1-5-38(6-2)26-12-14-27(15-13-26)40-24-11-21-37-31(34(44)41(22-8-9-25-42)32(37)35(40)45)30-33(43)39(23-10-20-36(30,4)47-37)28-16-18-29(19-17-28)46-7-3/h10-21,30-32,42H,5-9,22-25H2,1-4H3/t30-,31-,32?,36+,37-/m0/s1. The molecule has 4 aliphatic heterocycles. The maximum atomic E-state index is 14.8. The summed E-state index contributed by atoms with van der Waals surface area (Å²) in [4.78, 5) is 51.7. The molecule has 1 N–H and O–H groups in total. The summed E-state index contributed by atoms with van der Waals surface area (Å²) < 4.78 is 4.00. The van der Waals surface area contributed by atoms with Crippen LogP contribution in [-0.2, 0) is 14.4 Å². The van der Waals surface area contributed by atoms with E-state index < -0.39 is 27.4 Å². The van der Waals surface area contributed by atoms with Gasteiger partial charge in [-0.15, -0.1) is 11.8 Å². The van der Waals surface area contributed by atoms with Crippen molar-refractivity contribution in [3.8, 4) is 5.75 Å². The topological polar surface area (TPSA) is 93.6 Å². The van der Waals surface area contributed by atoms with Gasteiger partial charge < -0.3 is 29.4 Å². The van der Waals surface area contributed by atoms with Crippen LogP contribution in [0.25, 0.3) is 0 Å². The third kappa shape index (κ3) is 5.63. The van der Waals surface area contributed by atoms with Crippen molar-refractivity contribution >= 4 is 46.5 Å². The average Bonchev–Trinajstić information content (AvgIpc) is 3.33. The first-order chi connectivity index (χ1) is 22.7. The van der Waals surface area contributed by atoms with Crippen molar-refractivity contribution < 1.29 is 24.2 Å². The molecule has 4 heterocycles. The first kappa shape index (κ1) is 33.2. The lowest BCUT2D eigenvalue weighted by Gasteiger charge is -2.37. The molecule has 1 spiro atoms. The molecular formula is C37H46N4O5S. The van der Waals surface area contributed by atoms with Gasteiger partial charge in [0.25, 0.3) is 5.91 Å². The summed E-state index contributed by atoms with van der Waals surface area (Å²) in [6.07, 6.45) is 9.25. The Morgan fingerprint density at radius 2 is 1.45 bits per heavy atom. The lowest BCUT2D eigenvalue weighted by Crippen LogP contribution is -2.53. The van der Waals surface area contributed by atoms with E-state index in [2.05, 4.69) is 30.9 Å². The number of anilines is 3. The maximum absolute atomic E-state index is 14.8. The molecule has 0 saturated carbocycles. The van der Waals surface area contributed by atoms with Crippen LogP contribution in [0.3, 0.4) is 0 Å². The number of hydrogen-bond donors (Lipinski definition) is 1. The van der Waals surface area contributed by atoms with E-state index in [9.17, 15) is 19.5 Å². The maximum Gasteiger partial charge on any atom is 0.251 e. The van der Waals surface area contributed by atoms with Gasteiger partial charge >= 0.3 is 0 Å². The Bertz CT molecular complexity index is 1540. The first-order valence-corrected chi connectivity index (χ1v) is 17.7. The van der Waals surface area contributed by atoms with Crippen LogP contribution < -0.4 is 19.4 Å². The molecule has 6 rings (SSSR count). The fourth-order valence-electron chi connectivity index (χ4n) is 7.94. The zero-order valence-corrected chi connectivity index (χ0v) is 28.6. The van der Waals surface area contributed by atoms with E-state index in [-0.39, 0.29) is 24.3 Å². The van der Waals surface area contributed by atoms with Crippen molar-refractivity contribution in [3.05, 3.63) is 72.8 Å². The van der Waals surface area contributed by atoms with Gasteiger partial charge in [-0.25, -0.2) is 0 Å². The number of aliphatic hydroxyl groups is 1. The minimum Gasteiger partial charge on any atom is -0.494 e. The zero-order valence-electron chi connectivity index (χ0n) is 27.8. The Kier molecular flexibility index (Phi) is 9.45. The monoisotopic (exact) mass is 658 g/mol. The highest BCUT2D eigenvalue weighted by molar-refractivity contribution is 8.02. The van der Waals surface area contributed by atoms with E-state index in [0.717, 1.165) is 35.9 Å². The number of aliphatic hydroxyl groups excluding tert-OH is 1. The average molecular weight is 659 g/mol. The van der Waals surface area contributed by atoms with Crippen molar-refractivity contribution in [2.45, 2.75) is 56.1 Å². The summed E-state index contributed by atoms with van der Waals surface area (Å²) in [6.45, 7) is 11.7. The SMILES string of the molecule is CCOc1ccc(N2CC=C[C@@]3(C)S[C@]45C=CCN(c6ccc(N(CC)CC)cc6)C(=O)C4N(CCCCO)C(=O)[C@@H]5[C@H]3C2=O)cc1. The number of benzene rings is 2. The fourth-order valence-corrected chi connectivity index (χ4v) is 10.1. The summed E-state index contributed by atoms with van der Waals surface area (Å²) in [7, 11) is 0. The molecule has 4 aliphatic rings. The molecule has 250 valence electrons. The predicted molar refractivity (Wildman–Crippen MR) is 188 cm³/mol. The molecule has 5 atom stereocenters. The Labute approximate surface area is 282 Å². The van der Waals surface area contributed by atoms with E-state index in [4.69, 9.17) is 4.74 Å². The predicted octanol–water partition coefficient (Wildman–Crippen LogP) is 4.90. The van der Waals surface area contributed by atoms with Gasteiger partial charge in [-0.3, -0.25) is 14.4 Å². The lowest BCUT2D eigenvalue weighted by molar-refractivity contribution is -0.139. The smallest absolute Gasteiger partial charge is 0.251 e. The van der Waals surface area contributed by atoms with Crippen molar-refractivity contribution in [2.24, 2.45) is 11.8 Å². The van der Waals surface area contributed by atoms with Gasteiger partial charge in [-0.05, 0) is 89.1 Å². The van der Waals surface area contributed by atoms with Crippen LogP contribution in [0.5, 0.6) is 5.75 Å². The van der Waals surface area contributed by atoms with E-state index in [1.165, 1.54) is 0 Å². The molecular weight excluding hydrogens is 612 g/mol. The minimum atomic E-state index is -0.926. The zero-order chi connectivity index (χ0) is 33.3. The van der Waals surface area contributed by atoms with Crippen molar-refractivity contribution in [1.29, 1.82) is 0 Å². The number of nitrogens with zero attached hydrogens (tertiary/aromatic N) is 4. The molecule has 2 saturated heterocycles. The molecule has 0 radical (unpaired) electrons. The van der Waals surface area contributed by atoms with Crippen LogP contribution in [0.2, 0.25) is 0 Å². The largest absolute Gasteiger partial charge is 0.494 e. The molecule has 2 aromatic carbocycles. The molecule has 1 unspecified atom stereocenters. The van der Waals surface area contributed by atoms with Crippen molar-refractivity contribution in [3.63, 3.8) is 0 Å². The third-order valence-corrected chi connectivity index (χ3v) is 11.9. The fraction of sp³-hybridized carbons (Fsp3) is 0.486. The number of carbonyl (C=O) groups is 3. The number of carbonyl (C=O) groups excluding carboxylic acids is 3. The number of likely N-dealkylation sites (tertiary alicyclic amines) is 1. The number of amides is 3. The Hall–Kier alpha value is -3.76. The number of unbranched alkanes of at least 4 members (excludes halogenated alkanes) is 1. The van der Waals surface area contributed by atoms with Crippen LogP contribution in [0.4, 0.5) is 17.1 Å². The van der Waals surface area contributed by atoms with Gasteiger partial charge in [0.1, 0.15) is 11.8 Å². The van der Waals surface area contributed by atoms with Crippen molar-refractivity contribution in [1.82, 2.24) is 4.90 Å². The van der Waals surface area contributed by atoms with E-state index >= 15 is 0 Å². The number of fused-ring (bicyclic) bond motifs is 2. The Morgan fingerprint density at radius 3 is 2.06 bits per heavy atom. The van der Waals surface area contributed by atoms with Gasteiger partial charge in [0.15, 0.2) is 0 Å². The van der Waals surface area contributed by atoms with E-state index in [1.807, 2.05) is 74.5 Å². The molecule has 10 heteroatoms. The van der Waals surface area contributed by atoms with Crippen molar-refractivity contribution in [2.75, 3.05) is 60.6 Å². The summed E-state index contributed by atoms with van der Waals surface area (Å²) in [6, 6.07) is 14.8. The second-order valence-electron chi connectivity index (χ2n) is 12.8. The molecule has 0 bridgehead atoms. The quantitative estimate of drug-likeness (QED) is 0.271. The van der Waals surface area contributed by atoms with Gasteiger partial charge in [-0.2, -0.15) is 0 Å². The van der Waals surface area contributed by atoms with Crippen LogP contribution in [0, 0.1) is 11.8 Å². The first-order valence-electron chi connectivity index (χ1n) is 16.9. The number of hydrogen-bond acceptors (Lipinski definition) is 7. The molecule has 3 amide bonds. The summed E-state index contributed by atoms with van der Waals surface area (Å²) in [5.74, 6) is -1.08. The minimum absolute atomic E-state index is 0.00982. The summed E-state index contributed by atoms with van der Waals surface area (Å²) >= 11 is 1.59. The van der Waals surface area contributed by atoms with Crippen LogP contribution in [-0.4, -0.2) is 89.2 Å². The third-order valence-electron chi connectivity index (χ3n) is 10.1. The van der Waals surface area contributed by atoms with Crippen LogP contribution in [0.15, 0.2) is 72.8 Å². The molecule has 0 aromatic heterocycles.